The zero-order chi connectivity index (χ0) is 13.9. The van der Waals surface area contributed by atoms with Crippen molar-refractivity contribution in [2.75, 3.05) is 27.1 Å². The van der Waals surface area contributed by atoms with Crippen LogP contribution < -0.4 is 0 Å². The highest BCUT2D eigenvalue weighted by molar-refractivity contribution is 4.91. The number of rotatable bonds is 7. The van der Waals surface area contributed by atoms with E-state index >= 15 is 0 Å². The summed E-state index contributed by atoms with van der Waals surface area (Å²) >= 11 is 0. The molecular weight excluding hydrogens is 264 g/mol. The van der Waals surface area contributed by atoms with Crippen LogP contribution in [0.15, 0.2) is 0 Å². The molecule has 0 radical (unpaired) electrons. The molecule has 3 aliphatic rings. The van der Waals surface area contributed by atoms with Crippen molar-refractivity contribution in [1.29, 1.82) is 0 Å². The van der Waals surface area contributed by atoms with Crippen LogP contribution in [0.1, 0.15) is 25.7 Å². The molecule has 0 aromatic carbocycles. The van der Waals surface area contributed by atoms with Gasteiger partial charge in [0, 0.05) is 7.11 Å². The molecule has 3 saturated heterocycles. The second-order valence-electron chi connectivity index (χ2n) is 5.75. The van der Waals surface area contributed by atoms with E-state index in [0.717, 1.165) is 32.3 Å². The third-order valence-corrected chi connectivity index (χ3v) is 4.35. The predicted octanol–water partition coefficient (Wildman–Crippen LogP) is 0.462. The minimum atomic E-state index is -0.316. The topological polar surface area (TPSA) is 69.7 Å². The van der Waals surface area contributed by atoms with Crippen LogP contribution in [0.3, 0.4) is 0 Å². The summed E-state index contributed by atoms with van der Waals surface area (Å²) in [5.74, 6) is 0. The van der Waals surface area contributed by atoms with Gasteiger partial charge in [0.25, 0.3) is 0 Å². The van der Waals surface area contributed by atoms with Crippen LogP contribution in [0, 0.1) is 0 Å². The molecule has 20 heavy (non-hydrogen) atoms. The van der Waals surface area contributed by atoms with E-state index in [-0.39, 0.29) is 43.9 Å². The number of ether oxygens (including phenoxy) is 5. The average molecular weight is 288 g/mol. The Balaban J connectivity index is 1.46. The fraction of sp³-hybridized carbons (Fsp3) is 1.00. The van der Waals surface area contributed by atoms with Gasteiger partial charge in [-0.3, -0.25) is 0 Å². The molecule has 0 unspecified atom stereocenters. The Morgan fingerprint density at radius 1 is 1.05 bits per heavy atom. The van der Waals surface area contributed by atoms with Gasteiger partial charge in [-0.15, -0.1) is 0 Å². The van der Waals surface area contributed by atoms with Gasteiger partial charge in [0.05, 0.1) is 37.6 Å². The Morgan fingerprint density at radius 3 is 2.35 bits per heavy atom. The lowest BCUT2D eigenvalue weighted by Gasteiger charge is -2.24. The van der Waals surface area contributed by atoms with Gasteiger partial charge in [0.15, 0.2) is 0 Å². The fourth-order valence-corrected chi connectivity index (χ4v) is 3.18. The summed E-state index contributed by atoms with van der Waals surface area (Å²) in [5, 5.41) is 9.38. The highest BCUT2D eigenvalue weighted by atomic mass is 16.7. The number of aliphatic hydroxyl groups excluding tert-OH is 1. The number of hydrogen-bond acceptors (Lipinski definition) is 6. The third kappa shape index (κ3) is 3.32. The van der Waals surface area contributed by atoms with Crippen LogP contribution in [0.2, 0.25) is 0 Å². The molecule has 116 valence electrons. The number of aliphatic hydroxyl groups is 1. The molecule has 3 heterocycles. The van der Waals surface area contributed by atoms with Gasteiger partial charge in [0.2, 0.25) is 0 Å². The number of hydrogen-bond donors (Lipinski definition) is 1. The van der Waals surface area contributed by atoms with Crippen LogP contribution in [0.5, 0.6) is 0 Å². The van der Waals surface area contributed by atoms with E-state index in [9.17, 15) is 5.11 Å². The number of epoxide rings is 1. The molecule has 0 bridgehead atoms. The molecular formula is C14H24O6. The Bertz CT molecular complexity index is 308. The zero-order valence-corrected chi connectivity index (χ0v) is 11.9. The molecule has 0 aromatic rings. The summed E-state index contributed by atoms with van der Waals surface area (Å²) < 4.78 is 27.7. The van der Waals surface area contributed by atoms with E-state index in [0.29, 0.717) is 6.10 Å². The van der Waals surface area contributed by atoms with Crippen molar-refractivity contribution in [3.63, 3.8) is 0 Å². The molecule has 0 spiro atoms. The minimum Gasteiger partial charge on any atom is -0.394 e. The van der Waals surface area contributed by atoms with Crippen molar-refractivity contribution < 1.29 is 28.8 Å². The van der Waals surface area contributed by atoms with Gasteiger partial charge < -0.3 is 28.8 Å². The molecule has 6 nitrogen and oxygen atoms in total. The Labute approximate surface area is 119 Å². The van der Waals surface area contributed by atoms with Crippen molar-refractivity contribution in [3.05, 3.63) is 0 Å². The molecule has 3 aliphatic heterocycles. The van der Waals surface area contributed by atoms with E-state index < -0.39 is 0 Å². The van der Waals surface area contributed by atoms with E-state index in [1.807, 2.05) is 0 Å². The SMILES string of the molecule is COCO[C@@H](CO)[C@H]1CC[C@H]([C@H]2CC[C@H]([C@@H]3CO3)O2)O1. The van der Waals surface area contributed by atoms with Gasteiger partial charge in [-0.1, -0.05) is 0 Å². The van der Waals surface area contributed by atoms with Crippen LogP contribution in [-0.4, -0.2) is 68.8 Å². The van der Waals surface area contributed by atoms with Crippen molar-refractivity contribution in [2.24, 2.45) is 0 Å². The van der Waals surface area contributed by atoms with Crippen molar-refractivity contribution >= 4 is 0 Å². The summed E-state index contributed by atoms with van der Waals surface area (Å²) in [6.07, 6.45) is 4.40. The van der Waals surface area contributed by atoms with Gasteiger partial charge in [0.1, 0.15) is 19.0 Å². The van der Waals surface area contributed by atoms with E-state index in [4.69, 9.17) is 23.7 Å². The molecule has 0 saturated carbocycles. The van der Waals surface area contributed by atoms with Crippen molar-refractivity contribution in [2.45, 2.75) is 62.3 Å². The first-order valence-corrected chi connectivity index (χ1v) is 7.45. The lowest BCUT2D eigenvalue weighted by molar-refractivity contribution is -0.151. The van der Waals surface area contributed by atoms with Crippen LogP contribution in [0.4, 0.5) is 0 Å². The maximum absolute atomic E-state index is 9.38. The lowest BCUT2D eigenvalue weighted by atomic mass is 10.1. The Hall–Kier alpha value is -0.240. The second kappa shape index (κ2) is 6.68. The quantitative estimate of drug-likeness (QED) is 0.542. The van der Waals surface area contributed by atoms with Gasteiger partial charge in [-0.2, -0.15) is 0 Å². The predicted molar refractivity (Wildman–Crippen MR) is 69.4 cm³/mol. The third-order valence-electron chi connectivity index (χ3n) is 4.35. The first kappa shape index (κ1) is 14.7. The number of methoxy groups -OCH3 is 1. The molecule has 0 amide bonds. The molecule has 0 aromatic heterocycles. The normalized spacial score (nSPS) is 42.0. The maximum atomic E-state index is 9.38. The van der Waals surface area contributed by atoms with E-state index in [1.165, 1.54) is 0 Å². The summed E-state index contributed by atoms with van der Waals surface area (Å²) in [4.78, 5) is 0. The Morgan fingerprint density at radius 2 is 1.70 bits per heavy atom. The van der Waals surface area contributed by atoms with Gasteiger partial charge in [-0.25, -0.2) is 0 Å². The maximum Gasteiger partial charge on any atom is 0.146 e. The minimum absolute atomic E-state index is 0.0508. The second-order valence-corrected chi connectivity index (χ2v) is 5.75. The van der Waals surface area contributed by atoms with Crippen molar-refractivity contribution in [3.8, 4) is 0 Å². The smallest absolute Gasteiger partial charge is 0.146 e. The van der Waals surface area contributed by atoms with Crippen LogP contribution >= 0.6 is 0 Å². The zero-order valence-electron chi connectivity index (χ0n) is 11.9. The molecule has 6 heteroatoms. The molecule has 3 rings (SSSR count). The largest absolute Gasteiger partial charge is 0.394 e. The summed E-state index contributed by atoms with van der Waals surface area (Å²) in [5.41, 5.74) is 0. The monoisotopic (exact) mass is 288 g/mol. The van der Waals surface area contributed by atoms with Crippen molar-refractivity contribution in [1.82, 2.24) is 0 Å². The summed E-state index contributed by atoms with van der Waals surface area (Å²) in [7, 11) is 1.57. The lowest BCUT2D eigenvalue weighted by Crippen LogP contribution is -2.35. The van der Waals surface area contributed by atoms with E-state index in [1.54, 1.807) is 7.11 Å². The molecule has 1 N–H and O–H groups in total. The highest BCUT2D eigenvalue weighted by Gasteiger charge is 2.44. The van der Waals surface area contributed by atoms with Crippen LogP contribution in [0.25, 0.3) is 0 Å². The highest BCUT2D eigenvalue weighted by Crippen LogP contribution is 2.36. The molecule has 0 aliphatic carbocycles. The first-order chi connectivity index (χ1) is 9.81. The standard InChI is InChI=1S/C14H24O6/c1-16-8-18-13(6-15)11-4-2-9(19-11)10-3-5-12(20-10)14-7-17-14/h9-15H,2-8H2,1H3/t9-,10-,11-,12-,13+,14+/m1/s1. The molecule has 3 fully saturated rings. The first-order valence-electron chi connectivity index (χ1n) is 7.45. The fourth-order valence-electron chi connectivity index (χ4n) is 3.18. The van der Waals surface area contributed by atoms with Crippen LogP contribution in [-0.2, 0) is 23.7 Å². The summed E-state index contributed by atoms with van der Waals surface area (Å²) in [6, 6.07) is 0. The van der Waals surface area contributed by atoms with E-state index in [2.05, 4.69) is 0 Å². The Kier molecular flexibility index (Phi) is 4.91. The molecule has 6 atom stereocenters. The summed E-state index contributed by atoms with van der Waals surface area (Å²) in [6.45, 7) is 0.963. The van der Waals surface area contributed by atoms with Gasteiger partial charge >= 0.3 is 0 Å². The van der Waals surface area contributed by atoms with Gasteiger partial charge in [-0.05, 0) is 25.7 Å². The average Bonchev–Trinajstić information content (AvgIpc) is 3.01.